The highest BCUT2D eigenvalue weighted by molar-refractivity contribution is 6.01. The maximum Gasteiger partial charge on any atom is 0.331 e. The molecule has 0 heterocycles. The van der Waals surface area contributed by atoms with Gasteiger partial charge in [0.2, 0.25) is 5.78 Å². The normalized spacial score (nSPS) is 12.2. The molecule has 0 spiro atoms. The number of halogens is 1. The van der Waals surface area contributed by atoms with Crippen LogP contribution in [0.4, 0.5) is 4.39 Å². The van der Waals surface area contributed by atoms with Crippen molar-refractivity contribution in [1.82, 2.24) is 0 Å². The lowest BCUT2D eigenvalue weighted by molar-refractivity contribution is -0.140. The van der Waals surface area contributed by atoms with Crippen LogP contribution in [0.25, 0.3) is 6.08 Å². The number of ketones is 1. The third-order valence-corrected chi connectivity index (χ3v) is 3.71. The van der Waals surface area contributed by atoms with E-state index in [0.29, 0.717) is 11.1 Å². The number of rotatable bonds is 5. The molecule has 0 aliphatic carbocycles. The number of esters is 1. The number of ether oxygens (including phenoxy) is 1. The first kappa shape index (κ1) is 17.6. The van der Waals surface area contributed by atoms with Gasteiger partial charge in [-0.05, 0) is 61.7 Å². The van der Waals surface area contributed by atoms with E-state index in [1.807, 2.05) is 19.9 Å². The molecule has 2 aromatic rings. The van der Waals surface area contributed by atoms with Crippen molar-refractivity contribution in [3.8, 4) is 0 Å². The fourth-order valence-electron chi connectivity index (χ4n) is 2.17. The lowest BCUT2D eigenvalue weighted by atomic mass is 10.0. The maximum atomic E-state index is 13.1. The molecule has 0 saturated carbocycles. The number of hydrogen-bond acceptors (Lipinski definition) is 3. The summed E-state index contributed by atoms with van der Waals surface area (Å²) in [5.41, 5.74) is 3.15. The molecule has 0 saturated heterocycles. The van der Waals surface area contributed by atoms with Crippen LogP contribution in [0.2, 0.25) is 0 Å². The molecule has 0 radical (unpaired) electrons. The summed E-state index contributed by atoms with van der Waals surface area (Å²) in [6.45, 7) is 5.42. The first-order chi connectivity index (χ1) is 11.4. The Bertz CT molecular complexity index is 793. The summed E-state index contributed by atoms with van der Waals surface area (Å²) in [4.78, 5) is 24.1. The van der Waals surface area contributed by atoms with Crippen molar-refractivity contribution >= 4 is 17.8 Å². The van der Waals surface area contributed by atoms with E-state index in [1.54, 1.807) is 24.3 Å². The molecular formula is C20H19FO3. The molecule has 2 aromatic carbocycles. The third kappa shape index (κ3) is 4.62. The van der Waals surface area contributed by atoms with Crippen molar-refractivity contribution in [2.24, 2.45) is 0 Å². The zero-order chi connectivity index (χ0) is 17.7. The highest BCUT2D eigenvalue weighted by Crippen LogP contribution is 2.13. The standard InChI is InChI=1S/C20H19FO3/c1-13-7-9-17(11-14(13)2)20(23)15(3)24-19(22)10-8-16-5-4-6-18(21)12-16/h4-12,15H,1-3H3/b10-8+/t15-/m0/s1. The maximum absolute atomic E-state index is 13.1. The molecule has 0 amide bonds. The minimum atomic E-state index is -0.892. The summed E-state index contributed by atoms with van der Waals surface area (Å²) in [6.07, 6.45) is 1.73. The molecule has 24 heavy (non-hydrogen) atoms. The lowest BCUT2D eigenvalue weighted by Gasteiger charge is -2.12. The van der Waals surface area contributed by atoms with Crippen molar-refractivity contribution in [3.63, 3.8) is 0 Å². The Balaban J connectivity index is 2.00. The SMILES string of the molecule is Cc1ccc(C(=O)[C@H](C)OC(=O)/C=C/c2cccc(F)c2)cc1C. The second-order valence-electron chi connectivity index (χ2n) is 5.63. The third-order valence-electron chi connectivity index (χ3n) is 3.71. The monoisotopic (exact) mass is 326 g/mol. The summed E-state index contributed by atoms with van der Waals surface area (Å²) in [7, 11) is 0. The van der Waals surface area contributed by atoms with Crippen LogP contribution in [0.3, 0.4) is 0 Å². The van der Waals surface area contributed by atoms with E-state index in [4.69, 9.17) is 4.74 Å². The second kappa shape index (κ2) is 7.68. The first-order valence-electron chi connectivity index (χ1n) is 7.62. The van der Waals surface area contributed by atoms with Gasteiger partial charge in [0.05, 0.1) is 0 Å². The largest absolute Gasteiger partial charge is 0.451 e. The smallest absolute Gasteiger partial charge is 0.331 e. The molecule has 0 N–H and O–H groups in total. The number of aryl methyl sites for hydroxylation is 2. The van der Waals surface area contributed by atoms with E-state index >= 15 is 0 Å². The Morgan fingerprint density at radius 1 is 1.08 bits per heavy atom. The van der Waals surface area contributed by atoms with Crippen LogP contribution < -0.4 is 0 Å². The second-order valence-corrected chi connectivity index (χ2v) is 5.63. The van der Waals surface area contributed by atoms with Gasteiger partial charge in [-0.3, -0.25) is 4.79 Å². The van der Waals surface area contributed by atoms with Crippen LogP contribution in [-0.4, -0.2) is 17.9 Å². The molecule has 1 atom stereocenters. The summed E-state index contributed by atoms with van der Waals surface area (Å²) >= 11 is 0. The van der Waals surface area contributed by atoms with Crippen molar-refractivity contribution in [3.05, 3.63) is 76.6 Å². The summed E-state index contributed by atoms with van der Waals surface area (Å²) < 4.78 is 18.2. The molecule has 0 bridgehead atoms. The zero-order valence-electron chi connectivity index (χ0n) is 13.9. The van der Waals surface area contributed by atoms with Crippen molar-refractivity contribution in [2.45, 2.75) is 26.9 Å². The topological polar surface area (TPSA) is 43.4 Å². The van der Waals surface area contributed by atoms with Gasteiger partial charge in [-0.25, -0.2) is 9.18 Å². The van der Waals surface area contributed by atoms with Gasteiger partial charge in [0.1, 0.15) is 5.82 Å². The van der Waals surface area contributed by atoms with Gasteiger partial charge in [0.25, 0.3) is 0 Å². The van der Waals surface area contributed by atoms with Gasteiger partial charge in [-0.15, -0.1) is 0 Å². The Hall–Kier alpha value is -2.75. The highest BCUT2D eigenvalue weighted by atomic mass is 19.1. The van der Waals surface area contributed by atoms with Crippen molar-refractivity contribution in [1.29, 1.82) is 0 Å². The van der Waals surface area contributed by atoms with Crippen molar-refractivity contribution < 1.29 is 18.7 Å². The Morgan fingerprint density at radius 2 is 1.83 bits per heavy atom. The average Bonchev–Trinajstić information content (AvgIpc) is 2.55. The molecule has 3 nitrogen and oxygen atoms in total. The van der Waals surface area contributed by atoms with Crippen LogP contribution in [0.1, 0.15) is 34.0 Å². The number of hydrogen-bond donors (Lipinski definition) is 0. The van der Waals surface area contributed by atoms with Gasteiger partial charge in [0.15, 0.2) is 6.10 Å². The minimum Gasteiger partial charge on any atom is -0.451 e. The average molecular weight is 326 g/mol. The molecule has 124 valence electrons. The molecule has 0 aliphatic rings. The molecule has 0 fully saturated rings. The number of benzene rings is 2. The quantitative estimate of drug-likeness (QED) is 0.468. The van der Waals surface area contributed by atoms with E-state index in [2.05, 4.69) is 0 Å². The van der Waals surface area contributed by atoms with Gasteiger partial charge in [-0.2, -0.15) is 0 Å². The predicted octanol–water partition coefficient (Wildman–Crippen LogP) is 4.27. The van der Waals surface area contributed by atoms with Crippen LogP contribution in [0.15, 0.2) is 48.5 Å². The minimum absolute atomic E-state index is 0.259. The highest BCUT2D eigenvalue weighted by Gasteiger charge is 2.18. The number of Topliss-reactive ketones (excluding diaryl/α,β-unsaturated/α-hetero) is 1. The van der Waals surface area contributed by atoms with Crippen LogP contribution in [0.5, 0.6) is 0 Å². The lowest BCUT2D eigenvalue weighted by Crippen LogP contribution is -2.23. The van der Waals surface area contributed by atoms with E-state index in [9.17, 15) is 14.0 Å². The van der Waals surface area contributed by atoms with Crippen LogP contribution in [0, 0.1) is 19.7 Å². The molecule has 0 aliphatic heterocycles. The van der Waals surface area contributed by atoms with E-state index in [0.717, 1.165) is 11.1 Å². The Labute approximate surface area is 140 Å². The van der Waals surface area contributed by atoms with Crippen LogP contribution >= 0.6 is 0 Å². The molecule has 2 rings (SSSR count). The van der Waals surface area contributed by atoms with Crippen molar-refractivity contribution in [2.75, 3.05) is 0 Å². The molecule has 0 unspecified atom stereocenters. The summed E-state index contributed by atoms with van der Waals surface area (Å²) in [6, 6.07) is 11.2. The van der Waals surface area contributed by atoms with E-state index < -0.39 is 12.1 Å². The summed E-state index contributed by atoms with van der Waals surface area (Å²) in [5, 5.41) is 0. The summed E-state index contributed by atoms with van der Waals surface area (Å²) in [5.74, 6) is -1.29. The zero-order valence-corrected chi connectivity index (χ0v) is 13.9. The Kier molecular flexibility index (Phi) is 5.64. The van der Waals surface area contributed by atoms with Gasteiger partial charge >= 0.3 is 5.97 Å². The van der Waals surface area contributed by atoms with Gasteiger partial charge < -0.3 is 4.74 Å². The van der Waals surface area contributed by atoms with Crippen LogP contribution in [-0.2, 0) is 9.53 Å². The number of carbonyl (C=O) groups is 2. The fourth-order valence-corrected chi connectivity index (χ4v) is 2.17. The van der Waals surface area contributed by atoms with E-state index in [-0.39, 0.29) is 11.6 Å². The number of carbonyl (C=O) groups excluding carboxylic acids is 2. The molecule has 4 heteroatoms. The molecule has 0 aromatic heterocycles. The molecular weight excluding hydrogens is 307 g/mol. The fraction of sp³-hybridized carbons (Fsp3) is 0.200. The van der Waals surface area contributed by atoms with E-state index in [1.165, 1.54) is 31.2 Å². The Morgan fingerprint density at radius 3 is 2.50 bits per heavy atom. The van der Waals surface area contributed by atoms with Gasteiger partial charge in [0, 0.05) is 11.6 Å². The van der Waals surface area contributed by atoms with Gasteiger partial charge in [-0.1, -0.05) is 24.3 Å². The predicted molar refractivity (Wildman–Crippen MR) is 91.2 cm³/mol. The first-order valence-corrected chi connectivity index (χ1v) is 7.62.